The molecule has 0 aliphatic carbocycles. The number of rotatable bonds is 8. The third-order valence-electron chi connectivity index (χ3n) is 7.13. The van der Waals surface area contributed by atoms with Gasteiger partial charge in [-0.25, -0.2) is 0 Å². The van der Waals surface area contributed by atoms with Crippen LogP contribution >= 0.6 is 0 Å². The van der Waals surface area contributed by atoms with Crippen LogP contribution in [-0.2, 0) is 26.1 Å². The van der Waals surface area contributed by atoms with Crippen molar-refractivity contribution in [3.63, 3.8) is 0 Å². The first-order valence-electron chi connectivity index (χ1n) is 12.8. The summed E-state index contributed by atoms with van der Waals surface area (Å²) in [6.07, 6.45) is -0.0743. The summed E-state index contributed by atoms with van der Waals surface area (Å²) >= 11 is 0. The van der Waals surface area contributed by atoms with E-state index in [1.165, 1.54) is 11.1 Å². The van der Waals surface area contributed by atoms with Crippen LogP contribution in [0, 0.1) is 11.3 Å². The Morgan fingerprint density at radius 3 is 2.68 bits per heavy atom. The average Bonchev–Trinajstić information content (AvgIpc) is 3.25. The van der Waals surface area contributed by atoms with Crippen molar-refractivity contribution in [2.45, 2.75) is 45.1 Å². The quantitative estimate of drug-likeness (QED) is 0.429. The molecular formula is C30H30N4O4. The Kier molecular flexibility index (Phi) is 7.40. The molecule has 0 radical (unpaired) electrons. The van der Waals surface area contributed by atoms with Crippen LogP contribution in [0.2, 0.25) is 0 Å². The molecule has 2 aliphatic rings. The van der Waals surface area contributed by atoms with Gasteiger partial charge in [0.15, 0.2) is 0 Å². The number of nitriles is 1. The highest BCUT2D eigenvalue weighted by molar-refractivity contribution is 6.03. The Balaban J connectivity index is 1.27. The van der Waals surface area contributed by atoms with Crippen LogP contribution in [0.1, 0.15) is 55.5 Å². The molecule has 2 heterocycles. The van der Waals surface area contributed by atoms with E-state index in [1.807, 2.05) is 31.2 Å². The molecule has 3 aromatic rings. The predicted molar refractivity (Wildman–Crippen MR) is 141 cm³/mol. The molecule has 0 fully saturated rings. The smallest absolute Gasteiger partial charge is 0.255 e. The molecule has 8 nitrogen and oxygen atoms in total. The number of ether oxygens (including phenoxy) is 1. The van der Waals surface area contributed by atoms with Gasteiger partial charge in [0.25, 0.3) is 11.8 Å². The largest absolute Gasteiger partial charge is 0.493 e. The van der Waals surface area contributed by atoms with E-state index >= 15 is 0 Å². The first kappa shape index (κ1) is 25.5. The zero-order valence-electron chi connectivity index (χ0n) is 21.2. The van der Waals surface area contributed by atoms with Gasteiger partial charge in [0.05, 0.1) is 29.9 Å². The molecular weight excluding hydrogens is 480 g/mol. The molecule has 8 heteroatoms. The molecule has 0 bridgehead atoms. The van der Waals surface area contributed by atoms with Crippen molar-refractivity contribution < 1.29 is 19.4 Å². The second-order valence-electron chi connectivity index (χ2n) is 9.65. The molecule has 2 atom stereocenters. The molecule has 38 heavy (non-hydrogen) atoms. The van der Waals surface area contributed by atoms with Gasteiger partial charge in [0.1, 0.15) is 5.75 Å². The molecule has 0 spiro atoms. The number of fused-ring (bicyclic) bond motifs is 2. The first-order valence-corrected chi connectivity index (χ1v) is 12.8. The third kappa shape index (κ3) is 5.25. The Hall–Kier alpha value is -4.19. The molecule has 2 aliphatic heterocycles. The van der Waals surface area contributed by atoms with Crippen molar-refractivity contribution in [2.75, 3.05) is 13.2 Å². The topological polar surface area (TPSA) is 115 Å². The minimum atomic E-state index is -0.762. The summed E-state index contributed by atoms with van der Waals surface area (Å²) in [4.78, 5) is 28.0. The fourth-order valence-electron chi connectivity index (χ4n) is 5.07. The summed E-state index contributed by atoms with van der Waals surface area (Å²) in [7, 11) is 0. The van der Waals surface area contributed by atoms with Gasteiger partial charge in [-0.05, 0) is 59.9 Å². The molecule has 0 aromatic heterocycles. The van der Waals surface area contributed by atoms with E-state index in [4.69, 9.17) is 10.00 Å². The second kappa shape index (κ2) is 11.1. The summed E-state index contributed by atoms with van der Waals surface area (Å²) in [5, 5.41) is 26.0. The lowest BCUT2D eigenvalue weighted by Crippen LogP contribution is -2.49. The standard InChI is InChI=1S/C30H30N4O4/c1-2-38-28-13-24-23(18-34(30(24)37)17-20-9-7-19(14-31)8-10-20)11-25(28)29(36)33-16-27(35)26-12-21-5-3-4-6-22(21)15-32-26/h3-11,13,26-27,32,35H,2,12,15-18H2,1H3,(H,33,36)/t26-,27?/m0/s1. The van der Waals surface area contributed by atoms with E-state index in [-0.39, 0.29) is 24.4 Å². The number of benzene rings is 3. The van der Waals surface area contributed by atoms with Crippen LogP contribution < -0.4 is 15.4 Å². The van der Waals surface area contributed by atoms with Crippen molar-refractivity contribution >= 4 is 11.8 Å². The van der Waals surface area contributed by atoms with Crippen molar-refractivity contribution in [1.29, 1.82) is 5.26 Å². The maximum Gasteiger partial charge on any atom is 0.255 e. The lowest BCUT2D eigenvalue weighted by atomic mass is 9.93. The van der Waals surface area contributed by atoms with Crippen LogP contribution in [0.25, 0.3) is 0 Å². The predicted octanol–water partition coefficient (Wildman–Crippen LogP) is 2.92. The summed E-state index contributed by atoms with van der Waals surface area (Å²) in [5.41, 5.74) is 5.52. The highest BCUT2D eigenvalue weighted by Gasteiger charge is 2.31. The monoisotopic (exact) mass is 510 g/mol. The SMILES string of the molecule is CCOc1cc2c(cc1C(=O)NCC(O)[C@@H]1Cc3ccccc3CN1)CN(Cc1ccc(C#N)cc1)C2=O. The number of hydrogen-bond donors (Lipinski definition) is 3. The molecule has 1 unspecified atom stereocenters. The Bertz CT molecular complexity index is 1400. The van der Waals surface area contributed by atoms with Crippen molar-refractivity contribution in [1.82, 2.24) is 15.5 Å². The normalized spacial score (nSPS) is 16.8. The molecule has 194 valence electrons. The van der Waals surface area contributed by atoms with Gasteiger partial charge in [-0.2, -0.15) is 5.26 Å². The first-order chi connectivity index (χ1) is 18.5. The Morgan fingerprint density at radius 2 is 1.95 bits per heavy atom. The summed E-state index contributed by atoms with van der Waals surface area (Å²) in [6, 6.07) is 20.6. The summed E-state index contributed by atoms with van der Waals surface area (Å²) in [6.45, 7) is 3.70. The lowest BCUT2D eigenvalue weighted by molar-refractivity contribution is 0.0766. The Morgan fingerprint density at radius 1 is 1.18 bits per heavy atom. The van der Waals surface area contributed by atoms with Gasteiger partial charge >= 0.3 is 0 Å². The number of nitrogens with zero attached hydrogens (tertiary/aromatic N) is 2. The summed E-state index contributed by atoms with van der Waals surface area (Å²) < 4.78 is 5.74. The van der Waals surface area contributed by atoms with E-state index in [9.17, 15) is 14.7 Å². The van der Waals surface area contributed by atoms with Gasteiger partial charge in [-0.15, -0.1) is 0 Å². The molecule has 3 aromatic carbocycles. The molecule has 3 N–H and O–H groups in total. The van der Waals surface area contributed by atoms with Gasteiger partial charge < -0.3 is 25.4 Å². The van der Waals surface area contributed by atoms with Crippen molar-refractivity contribution in [3.05, 3.63) is 99.6 Å². The maximum absolute atomic E-state index is 13.2. The fourth-order valence-corrected chi connectivity index (χ4v) is 5.07. The summed E-state index contributed by atoms with van der Waals surface area (Å²) in [5.74, 6) is -0.141. The zero-order valence-corrected chi connectivity index (χ0v) is 21.2. The van der Waals surface area contributed by atoms with Gasteiger partial charge in [-0.1, -0.05) is 36.4 Å². The number of carbonyl (C=O) groups is 2. The van der Waals surface area contributed by atoms with Gasteiger partial charge in [0, 0.05) is 37.8 Å². The lowest BCUT2D eigenvalue weighted by Gasteiger charge is -2.30. The van der Waals surface area contributed by atoms with E-state index < -0.39 is 6.10 Å². The molecule has 5 rings (SSSR count). The average molecular weight is 511 g/mol. The van der Waals surface area contributed by atoms with Crippen LogP contribution in [-0.4, -0.2) is 47.1 Å². The van der Waals surface area contributed by atoms with E-state index in [0.29, 0.717) is 55.1 Å². The number of amides is 2. The highest BCUT2D eigenvalue weighted by atomic mass is 16.5. The highest BCUT2D eigenvalue weighted by Crippen LogP contribution is 2.31. The van der Waals surface area contributed by atoms with Crippen molar-refractivity contribution in [3.8, 4) is 11.8 Å². The van der Waals surface area contributed by atoms with Crippen molar-refractivity contribution in [2.24, 2.45) is 0 Å². The third-order valence-corrected chi connectivity index (χ3v) is 7.13. The van der Waals surface area contributed by atoms with E-state index in [0.717, 1.165) is 11.1 Å². The number of nitrogens with one attached hydrogen (secondary N) is 2. The second-order valence-corrected chi connectivity index (χ2v) is 9.65. The van der Waals surface area contributed by atoms with Crippen LogP contribution in [0.3, 0.4) is 0 Å². The minimum Gasteiger partial charge on any atom is -0.493 e. The number of aliphatic hydroxyl groups excluding tert-OH is 1. The Labute approximate surface area is 221 Å². The van der Waals surface area contributed by atoms with E-state index in [1.54, 1.807) is 29.2 Å². The number of hydrogen-bond acceptors (Lipinski definition) is 6. The van der Waals surface area contributed by atoms with Crippen LogP contribution in [0.15, 0.2) is 60.7 Å². The zero-order chi connectivity index (χ0) is 26.6. The minimum absolute atomic E-state index is 0.0884. The fraction of sp³-hybridized carbons (Fsp3) is 0.300. The van der Waals surface area contributed by atoms with Crippen LogP contribution in [0.5, 0.6) is 5.75 Å². The van der Waals surface area contributed by atoms with Gasteiger partial charge in [0.2, 0.25) is 0 Å². The van der Waals surface area contributed by atoms with Crippen LogP contribution in [0.4, 0.5) is 0 Å². The van der Waals surface area contributed by atoms with E-state index in [2.05, 4.69) is 28.8 Å². The number of carbonyl (C=O) groups excluding carboxylic acids is 2. The number of aliphatic hydroxyl groups is 1. The molecule has 2 amide bonds. The maximum atomic E-state index is 13.2. The molecule has 0 saturated heterocycles. The molecule has 0 saturated carbocycles. The van der Waals surface area contributed by atoms with Gasteiger partial charge in [-0.3, -0.25) is 9.59 Å².